The minimum Gasteiger partial charge on any atom is -0.395 e. The Hall–Kier alpha value is -0.160. The molecule has 0 aromatic heterocycles. The van der Waals surface area contributed by atoms with Crippen molar-refractivity contribution in [3.05, 3.63) is 0 Å². The lowest BCUT2D eigenvalue weighted by Crippen LogP contribution is -2.56. The predicted molar refractivity (Wildman–Crippen MR) is 54.0 cm³/mol. The quantitative estimate of drug-likeness (QED) is 0.580. The molecular formula is C10H21NO3. The van der Waals surface area contributed by atoms with Crippen LogP contribution in [0.2, 0.25) is 0 Å². The zero-order chi connectivity index (χ0) is 10.6. The number of nitrogens with zero attached hydrogens (tertiary/aromatic N) is 1. The van der Waals surface area contributed by atoms with Crippen LogP contribution in [-0.4, -0.2) is 58.2 Å². The SMILES string of the molecule is CCCCN1CC[C@@H](O)[C@@H](O)C1CO. The second-order valence-corrected chi connectivity index (χ2v) is 3.99. The van der Waals surface area contributed by atoms with Crippen molar-refractivity contribution in [1.82, 2.24) is 4.90 Å². The van der Waals surface area contributed by atoms with Crippen LogP contribution in [0.25, 0.3) is 0 Å². The number of hydrogen-bond donors (Lipinski definition) is 3. The fourth-order valence-corrected chi connectivity index (χ4v) is 1.97. The van der Waals surface area contributed by atoms with Gasteiger partial charge < -0.3 is 15.3 Å². The first kappa shape index (κ1) is 11.9. The Morgan fingerprint density at radius 1 is 1.36 bits per heavy atom. The number of likely N-dealkylation sites (tertiary alicyclic amines) is 1. The second-order valence-electron chi connectivity index (χ2n) is 3.99. The number of unbranched alkanes of at least 4 members (excludes halogenated alkanes) is 1. The smallest absolute Gasteiger partial charge is 0.0976 e. The maximum atomic E-state index is 9.66. The van der Waals surface area contributed by atoms with Gasteiger partial charge in [0.05, 0.1) is 24.9 Å². The highest BCUT2D eigenvalue weighted by atomic mass is 16.3. The Morgan fingerprint density at radius 3 is 2.64 bits per heavy atom. The zero-order valence-corrected chi connectivity index (χ0v) is 8.76. The minimum absolute atomic E-state index is 0.0814. The van der Waals surface area contributed by atoms with Crippen LogP contribution in [0.15, 0.2) is 0 Å². The first-order valence-corrected chi connectivity index (χ1v) is 5.41. The summed E-state index contributed by atoms with van der Waals surface area (Å²) in [5, 5.41) is 28.2. The normalized spacial score (nSPS) is 34.7. The van der Waals surface area contributed by atoms with Gasteiger partial charge in [-0.05, 0) is 19.4 Å². The lowest BCUT2D eigenvalue weighted by molar-refractivity contribution is -0.0895. The molecule has 0 aromatic carbocycles. The number of rotatable bonds is 4. The molecule has 0 aliphatic carbocycles. The number of aliphatic hydroxyl groups is 3. The third-order valence-electron chi connectivity index (χ3n) is 2.96. The van der Waals surface area contributed by atoms with Crippen LogP contribution >= 0.6 is 0 Å². The lowest BCUT2D eigenvalue weighted by Gasteiger charge is -2.40. The number of piperidine rings is 1. The van der Waals surface area contributed by atoms with E-state index in [1.165, 1.54) is 0 Å². The van der Waals surface area contributed by atoms with E-state index in [0.29, 0.717) is 6.42 Å². The molecule has 1 fully saturated rings. The maximum Gasteiger partial charge on any atom is 0.0976 e. The van der Waals surface area contributed by atoms with Crippen LogP contribution < -0.4 is 0 Å². The van der Waals surface area contributed by atoms with Crippen LogP contribution in [0.1, 0.15) is 26.2 Å². The first-order chi connectivity index (χ1) is 6.70. The van der Waals surface area contributed by atoms with Gasteiger partial charge in [0.25, 0.3) is 0 Å². The Kier molecular flexibility index (Phi) is 4.81. The van der Waals surface area contributed by atoms with Gasteiger partial charge in [-0.25, -0.2) is 0 Å². The summed E-state index contributed by atoms with van der Waals surface area (Å²) < 4.78 is 0. The average Bonchev–Trinajstić information content (AvgIpc) is 2.20. The fraction of sp³-hybridized carbons (Fsp3) is 1.00. The van der Waals surface area contributed by atoms with Crippen LogP contribution in [0.5, 0.6) is 0 Å². The molecule has 0 spiro atoms. The van der Waals surface area contributed by atoms with E-state index in [4.69, 9.17) is 5.11 Å². The van der Waals surface area contributed by atoms with Gasteiger partial charge >= 0.3 is 0 Å². The van der Waals surface area contributed by atoms with E-state index in [2.05, 4.69) is 11.8 Å². The molecule has 84 valence electrons. The van der Waals surface area contributed by atoms with Crippen molar-refractivity contribution in [2.75, 3.05) is 19.7 Å². The molecule has 4 nitrogen and oxygen atoms in total. The Labute approximate surface area is 85.2 Å². The van der Waals surface area contributed by atoms with Crippen molar-refractivity contribution in [3.63, 3.8) is 0 Å². The summed E-state index contributed by atoms with van der Waals surface area (Å²) in [6, 6.07) is -0.287. The maximum absolute atomic E-state index is 9.66. The van der Waals surface area contributed by atoms with E-state index < -0.39 is 12.2 Å². The van der Waals surface area contributed by atoms with Crippen molar-refractivity contribution in [2.45, 2.75) is 44.4 Å². The van der Waals surface area contributed by atoms with Crippen LogP contribution in [0.3, 0.4) is 0 Å². The van der Waals surface area contributed by atoms with E-state index in [0.717, 1.165) is 25.9 Å². The summed E-state index contributed by atoms with van der Waals surface area (Å²) >= 11 is 0. The summed E-state index contributed by atoms with van der Waals surface area (Å²) in [5.74, 6) is 0. The topological polar surface area (TPSA) is 63.9 Å². The molecule has 0 radical (unpaired) electrons. The molecule has 0 bridgehead atoms. The van der Waals surface area contributed by atoms with Gasteiger partial charge in [0.1, 0.15) is 0 Å². The second kappa shape index (κ2) is 5.66. The highest BCUT2D eigenvalue weighted by Crippen LogP contribution is 2.18. The molecule has 3 atom stereocenters. The standard InChI is InChI=1S/C10H21NO3/c1-2-3-5-11-6-4-9(13)10(14)8(11)7-12/h8-10,12-14H,2-7H2,1H3/t8?,9-,10+/m1/s1. The third kappa shape index (κ3) is 2.67. The van der Waals surface area contributed by atoms with Crippen molar-refractivity contribution >= 4 is 0 Å². The van der Waals surface area contributed by atoms with Crippen molar-refractivity contribution in [1.29, 1.82) is 0 Å². The molecule has 14 heavy (non-hydrogen) atoms. The van der Waals surface area contributed by atoms with Gasteiger partial charge in [0.15, 0.2) is 0 Å². The van der Waals surface area contributed by atoms with Gasteiger partial charge in [-0.1, -0.05) is 13.3 Å². The molecule has 1 aliphatic heterocycles. The molecule has 0 aromatic rings. The van der Waals surface area contributed by atoms with E-state index in [1.807, 2.05) is 0 Å². The lowest BCUT2D eigenvalue weighted by atomic mass is 9.96. The van der Waals surface area contributed by atoms with E-state index in [9.17, 15) is 10.2 Å². The van der Waals surface area contributed by atoms with Gasteiger partial charge in [0, 0.05) is 6.54 Å². The molecule has 1 rings (SSSR count). The monoisotopic (exact) mass is 203 g/mol. The Morgan fingerprint density at radius 2 is 2.07 bits per heavy atom. The van der Waals surface area contributed by atoms with E-state index in [1.54, 1.807) is 0 Å². The highest BCUT2D eigenvalue weighted by molar-refractivity contribution is 4.88. The van der Waals surface area contributed by atoms with Gasteiger partial charge in [0.2, 0.25) is 0 Å². The fourth-order valence-electron chi connectivity index (χ4n) is 1.97. The van der Waals surface area contributed by atoms with Gasteiger partial charge in [-0.2, -0.15) is 0 Å². The minimum atomic E-state index is -0.800. The molecule has 0 amide bonds. The molecule has 4 heteroatoms. The third-order valence-corrected chi connectivity index (χ3v) is 2.96. The summed E-state index contributed by atoms with van der Waals surface area (Å²) in [6.45, 7) is 3.69. The molecule has 1 heterocycles. The Balaban J connectivity index is 2.48. The summed E-state index contributed by atoms with van der Waals surface area (Å²) in [6.07, 6.45) is 1.30. The molecule has 1 unspecified atom stereocenters. The summed E-state index contributed by atoms with van der Waals surface area (Å²) in [7, 11) is 0. The van der Waals surface area contributed by atoms with E-state index >= 15 is 0 Å². The molecule has 1 saturated heterocycles. The molecular weight excluding hydrogens is 182 g/mol. The van der Waals surface area contributed by atoms with Crippen LogP contribution in [-0.2, 0) is 0 Å². The largest absolute Gasteiger partial charge is 0.395 e. The predicted octanol–water partition coefficient (Wildman–Crippen LogP) is -0.425. The first-order valence-electron chi connectivity index (χ1n) is 5.41. The average molecular weight is 203 g/mol. The molecule has 0 saturated carbocycles. The van der Waals surface area contributed by atoms with E-state index in [-0.39, 0.29) is 12.6 Å². The molecule has 3 N–H and O–H groups in total. The number of aliphatic hydroxyl groups excluding tert-OH is 3. The highest BCUT2D eigenvalue weighted by Gasteiger charge is 2.34. The van der Waals surface area contributed by atoms with Gasteiger partial charge in [-0.3, -0.25) is 4.90 Å². The Bertz CT molecular complexity index is 163. The van der Waals surface area contributed by atoms with Crippen molar-refractivity contribution in [2.24, 2.45) is 0 Å². The summed E-state index contributed by atoms with van der Waals surface area (Å²) in [4.78, 5) is 2.07. The zero-order valence-electron chi connectivity index (χ0n) is 8.76. The van der Waals surface area contributed by atoms with Crippen molar-refractivity contribution in [3.8, 4) is 0 Å². The van der Waals surface area contributed by atoms with Crippen LogP contribution in [0.4, 0.5) is 0 Å². The summed E-state index contributed by atoms with van der Waals surface area (Å²) in [5.41, 5.74) is 0. The van der Waals surface area contributed by atoms with Crippen LogP contribution in [0, 0.1) is 0 Å². The molecule has 1 aliphatic rings. The van der Waals surface area contributed by atoms with Gasteiger partial charge in [-0.15, -0.1) is 0 Å². The van der Waals surface area contributed by atoms with Crippen molar-refractivity contribution < 1.29 is 15.3 Å². The number of hydrogen-bond acceptors (Lipinski definition) is 4.